The van der Waals surface area contributed by atoms with Gasteiger partial charge in [-0.15, -0.1) is 0 Å². The molecule has 0 saturated carbocycles. The maximum Gasteiger partial charge on any atom is 0.273 e. The number of aromatic nitrogens is 2. The third-order valence-electron chi connectivity index (χ3n) is 3.86. The lowest BCUT2D eigenvalue weighted by Crippen LogP contribution is -2.21. The van der Waals surface area contributed by atoms with E-state index in [2.05, 4.69) is 20.9 Å². The van der Waals surface area contributed by atoms with Crippen molar-refractivity contribution in [2.75, 3.05) is 0 Å². The van der Waals surface area contributed by atoms with Crippen molar-refractivity contribution in [2.24, 2.45) is 0 Å². The Balaban J connectivity index is 2.23. The highest BCUT2D eigenvalue weighted by Crippen LogP contribution is 2.27. The summed E-state index contributed by atoms with van der Waals surface area (Å²) in [7, 11) is 0. The van der Waals surface area contributed by atoms with E-state index in [-0.39, 0.29) is 11.1 Å². The predicted octanol–water partition coefficient (Wildman–Crippen LogP) is 4.11. The van der Waals surface area contributed by atoms with Gasteiger partial charge in [0.2, 0.25) is 0 Å². The summed E-state index contributed by atoms with van der Waals surface area (Å²) in [6.45, 7) is 0. The average Bonchev–Trinajstić information content (AvgIpc) is 2.93. The molecule has 0 spiro atoms. The molecule has 1 N–H and O–H groups in total. The monoisotopic (exact) mass is 363 g/mol. The van der Waals surface area contributed by atoms with Crippen LogP contribution in [-0.2, 0) is 0 Å². The zero-order valence-electron chi connectivity index (χ0n) is 11.9. The molecular formula is C18H10BrN3O. The number of hydrogen-bond acceptors (Lipinski definition) is 2. The smallest absolute Gasteiger partial charge is 0.273 e. The van der Waals surface area contributed by atoms with Crippen LogP contribution in [0.3, 0.4) is 0 Å². The van der Waals surface area contributed by atoms with E-state index in [1.807, 2.05) is 54.6 Å². The van der Waals surface area contributed by atoms with Crippen LogP contribution < -0.4 is 5.56 Å². The molecule has 0 atom stereocenters. The van der Waals surface area contributed by atoms with Crippen LogP contribution in [0.1, 0.15) is 5.56 Å². The summed E-state index contributed by atoms with van der Waals surface area (Å²) in [5, 5.41) is 10.2. The Labute approximate surface area is 139 Å². The molecule has 2 aromatic heterocycles. The third kappa shape index (κ3) is 2.07. The zero-order chi connectivity index (χ0) is 16.0. The predicted molar refractivity (Wildman–Crippen MR) is 93.8 cm³/mol. The van der Waals surface area contributed by atoms with Gasteiger partial charge in [0.15, 0.2) is 0 Å². The van der Waals surface area contributed by atoms with Crippen LogP contribution in [0.4, 0.5) is 0 Å². The molecule has 2 aromatic carbocycles. The summed E-state index contributed by atoms with van der Waals surface area (Å²) in [5.74, 6) is 0. The average molecular weight is 364 g/mol. The fraction of sp³-hybridized carbons (Fsp3) is 0. The van der Waals surface area contributed by atoms with E-state index in [9.17, 15) is 10.1 Å². The van der Waals surface area contributed by atoms with Gasteiger partial charge < -0.3 is 4.98 Å². The standard InChI is InChI=1S/C18H10BrN3O/c19-12-5-7-13(8-6-12)22-17-14-3-1-2-4-15(14)21-16(17)9-11(10-20)18(22)23/h1-9,21H. The summed E-state index contributed by atoms with van der Waals surface area (Å²) in [5.41, 5.74) is 3.02. The van der Waals surface area contributed by atoms with Gasteiger partial charge in [-0.3, -0.25) is 9.36 Å². The molecule has 4 nitrogen and oxygen atoms in total. The van der Waals surface area contributed by atoms with Crippen molar-refractivity contribution in [3.8, 4) is 11.8 Å². The second kappa shape index (κ2) is 5.11. The van der Waals surface area contributed by atoms with Gasteiger partial charge in [-0.1, -0.05) is 34.1 Å². The molecule has 0 amide bonds. The van der Waals surface area contributed by atoms with Crippen molar-refractivity contribution >= 4 is 37.9 Å². The van der Waals surface area contributed by atoms with Crippen LogP contribution in [0.5, 0.6) is 0 Å². The van der Waals surface area contributed by atoms with E-state index in [1.54, 1.807) is 10.6 Å². The van der Waals surface area contributed by atoms with Crippen LogP contribution in [0.2, 0.25) is 0 Å². The van der Waals surface area contributed by atoms with Gasteiger partial charge in [0.25, 0.3) is 5.56 Å². The lowest BCUT2D eigenvalue weighted by Gasteiger charge is -2.09. The van der Waals surface area contributed by atoms with Gasteiger partial charge in [0, 0.05) is 21.1 Å². The first-order valence-corrected chi connectivity index (χ1v) is 7.81. The normalized spacial score (nSPS) is 11.0. The highest BCUT2D eigenvalue weighted by molar-refractivity contribution is 9.10. The number of nitriles is 1. The molecule has 0 aliphatic carbocycles. The van der Waals surface area contributed by atoms with Crippen molar-refractivity contribution in [3.63, 3.8) is 0 Å². The van der Waals surface area contributed by atoms with Crippen LogP contribution in [-0.4, -0.2) is 9.55 Å². The number of aromatic amines is 1. The highest BCUT2D eigenvalue weighted by atomic mass is 79.9. The summed E-state index contributed by atoms with van der Waals surface area (Å²) in [6, 6.07) is 18.9. The summed E-state index contributed by atoms with van der Waals surface area (Å²) in [6.07, 6.45) is 0. The second-order valence-electron chi connectivity index (χ2n) is 5.22. The number of benzene rings is 2. The lowest BCUT2D eigenvalue weighted by atomic mass is 10.2. The second-order valence-corrected chi connectivity index (χ2v) is 6.14. The van der Waals surface area contributed by atoms with Crippen LogP contribution in [0, 0.1) is 11.3 Å². The number of nitrogens with zero attached hydrogens (tertiary/aromatic N) is 2. The lowest BCUT2D eigenvalue weighted by molar-refractivity contribution is 1.04. The fourth-order valence-corrected chi connectivity index (χ4v) is 3.10. The largest absolute Gasteiger partial charge is 0.353 e. The van der Waals surface area contributed by atoms with Crippen molar-refractivity contribution < 1.29 is 0 Å². The minimum atomic E-state index is -0.313. The maximum atomic E-state index is 12.8. The quantitative estimate of drug-likeness (QED) is 0.553. The number of H-pyrrole nitrogens is 1. The van der Waals surface area contributed by atoms with Crippen LogP contribution >= 0.6 is 15.9 Å². The van der Waals surface area contributed by atoms with Crippen molar-refractivity contribution in [1.29, 1.82) is 5.26 Å². The van der Waals surface area contributed by atoms with Gasteiger partial charge in [0.05, 0.1) is 11.0 Å². The molecule has 0 saturated heterocycles. The zero-order valence-corrected chi connectivity index (χ0v) is 13.5. The minimum absolute atomic E-state index is 0.118. The first-order chi connectivity index (χ1) is 11.2. The molecule has 0 aliphatic heterocycles. The SMILES string of the molecule is N#Cc1cc2[nH]c3ccccc3c2n(-c2ccc(Br)cc2)c1=O. The van der Waals surface area contributed by atoms with Gasteiger partial charge in [-0.05, 0) is 36.4 Å². The summed E-state index contributed by atoms with van der Waals surface area (Å²) >= 11 is 3.40. The number of pyridine rings is 1. The fourth-order valence-electron chi connectivity index (χ4n) is 2.84. The first-order valence-electron chi connectivity index (χ1n) is 7.01. The number of rotatable bonds is 1. The number of halogens is 1. The maximum absolute atomic E-state index is 12.8. The van der Waals surface area contributed by atoms with Crippen molar-refractivity contribution in [2.45, 2.75) is 0 Å². The van der Waals surface area contributed by atoms with E-state index in [1.165, 1.54) is 0 Å². The molecule has 5 heteroatoms. The molecule has 0 bridgehead atoms. The topological polar surface area (TPSA) is 61.6 Å². The van der Waals surface area contributed by atoms with Gasteiger partial charge in [-0.2, -0.15) is 5.26 Å². The number of nitrogens with one attached hydrogen (secondary N) is 1. The Kier molecular flexibility index (Phi) is 3.07. The Morgan fingerprint density at radius 3 is 2.52 bits per heavy atom. The first kappa shape index (κ1) is 13.8. The van der Waals surface area contributed by atoms with E-state index in [0.29, 0.717) is 0 Å². The molecule has 0 unspecified atom stereocenters. The molecule has 2 heterocycles. The number of fused-ring (bicyclic) bond motifs is 3. The van der Waals surface area contributed by atoms with Crippen LogP contribution in [0.25, 0.3) is 27.6 Å². The Morgan fingerprint density at radius 2 is 1.78 bits per heavy atom. The van der Waals surface area contributed by atoms with E-state index in [0.717, 1.165) is 32.1 Å². The van der Waals surface area contributed by atoms with Crippen molar-refractivity contribution in [3.05, 3.63) is 75.0 Å². The van der Waals surface area contributed by atoms with Crippen molar-refractivity contribution in [1.82, 2.24) is 9.55 Å². The Morgan fingerprint density at radius 1 is 1.04 bits per heavy atom. The van der Waals surface area contributed by atoms with E-state index < -0.39 is 0 Å². The van der Waals surface area contributed by atoms with Gasteiger partial charge in [-0.25, -0.2) is 0 Å². The number of para-hydroxylation sites is 1. The molecular weight excluding hydrogens is 354 g/mol. The molecule has 0 aliphatic rings. The summed E-state index contributed by atoms with van der Waals surface area (Å²) in [4.78, 5) is 16.0. The molecule has 23 heavy (non-hydrogen) atoms. The van der Waals surface area contributed by atoms with E-state index >= 15 is 0 Å². The molecule has 4 aromatic rings. The minimum Gasteiger partial charge on any atom is -0.353 e. The molecule has 0 fully saturated rings. The number of hydrogen-bond donors (Lipinski definition) is 1. The molecule has 4 rings (SSSR count). The Hall–Kier alpha value is -2.84. The Bertz CT molecular complexity index is 1150. The van der Waals surface area contributed by atoms with Gasteiger partial charge in [0.1, 0.15) is 11.6 Å². The van der Waals surface area contributed by atoms with Crippen LogP contribution in [0.15, 0.2) is 63.9 Å². The van der Waals surface area contributed by atoms with Gasteiger partial charge >= 0.3 is 0 Å². The third-order valence-corrected chi connectivity index (χ3v) is 4.39. The van der Waals surface area contributed by atoms with E-state index in [4.69, 9.17) is 0 Å². The summed E-state index contributed by atoms with van der Waals surface area (Å²) < 4.78 is 2.53. The molecule has 110 valence electrons. The highest BCUT2D eigenvalue weighted by Gasteiger charge is 2.15. The molecule has 0 radical (unpaired) electrons.